The molecule has 0 aliphatic heterocycles. The van der Waals surface area contributed by atoms with Gasteiger partial charge in [0, 0.05) is 22.1 Å². The van der Waals surface area contributed by atoms with Crippen molar-refractivity contribution in [3.63, 3.8) is 0 Å². The highest BCUT2D eigenvalue weighted by Crippen LogP contribution is 2.31. The van der Waals surface area contributed by atoms with Crippen molar-refractivity contribution in [2.45, 2.75) is 38.5 Å². The zero-order chi connectivity index (χ0) is 17.6. The van der Waals surface area contributed by atoms with Crippen LogP contribution in [0.2, 0.25) is 0 Å². The van der Waals surface area contributed by atoms with Crippen LogP contribution in [0.15, 0.2) is 71.0 Å². The van der Waals surface area contributed by atoms with Gasteiger partial charge in [0.1, 0.15) is 0 Å². The van der Waals surface area contributed by atoms with Gasteiger partial charge < -0.3 is 0 Å². The van der Waals surface area contributed by atoms with Crippen molar-refractivity contribution in [1.82, 2.24) is 4.37 Å². The molecule has 26 heavy (non-hydrogen) atoms. The van der Waals surface area contributed by atoms with Crippen LogP contribution in [0.5, 0.6) is 0 Å². The molecule has 0 bridgehead atoms. The molecule has 0 spiro atoms. The average Bonchev–Trinajstić information content (AvgIpc) is 3.15. The lowest BCUT2D eigenvalue weighted by Gasteiger charge is -2.21. The molecule has 2 nitrogen and oxygen atoms in total. The summed E-state index contributed by atoms with van der Waals surface area (Å²) in [6, 6.07) is 20.9. The van der Waals surface area contributed by atoms with Gasteiger partial charge in [0.25, 0.3) is 0 Å². The fourth-order valence-electron chi connectivity index (χ4n) is 3.78. The molecule has 1 aliphatic carbocycles. The highest BCUT2D eigenvalue weighted by Gasteiger charge is 2.17. The molecular weight excluding hydrogens is 336 g/mol. The van der Waals surface area contributed by atoms with Crippen molar-refractivity contribution < 1.29 is 0 Å². The lowest BCUT2D eigenvalue weighted by atomic mass is 9.85. The largest absolute Gasteiger partial charge is 0.227 e. The molecule has 3 heteroatoms. The van der Waals surface area contributed by atoms with Gasteiger partial charge in [-0.25, -0.2) is 4.99 Å². The van der Waals surface area contributed by atoms with E-state index in [0.29, 0.717) is 0 Å². The molecule has 1 aliphatic rings. The Kier molecular flexibility index (Phi) is 5.56. The topological polar surface area (TPSA) is 25.2 Å². The standard InChI is InChI=1S/C23H24N2S/c1-4-10-18(11-5-1)16-21-17-26-25-23(21)24-22(19-12-6-2-7-13-19)20-14-8-3-9-15-20/h2-3,6-9,12-15,17-18H,1,4-5,10-11,16H2. The molecule has 0 saturated heterocycles. The van der Waals surface area contributed by atoms with Crippen LogP contribution in [0.1, 0.15) is 48.8 Å². The Morgan fingerprint density at radius 3 is 2.12 bits per heavy atom. The highest BCUT2D eigenvalue weighted by atomic mass is 32.1. The zero-order valence-corrected chi connectivity index (χ0v) is 15.8. The van der Waals surface area contributed by atoms with E-state index in [1.165, 1.54) is 49.2 Å². The molecule has 3 aromatic rings. The molecule has 1 saturated carbocycles. The van der Waals surface area contributed by atoms with Crippen LogP contribution in [0.3, 0.4) is 0 Å². The fraction of sp³-hybridized carbons (Fsp3) is 0.304. The third kappa shape index (κ3) is 4.10. The molecule has 0 amide bonds. The maximum atomic E-state index is 5.04. The van der Waals surface area contributed by atoms with Crippen LogP contribution >= 0.6 is 11.5 Å². The van der Waals surface area contributed by atoms with E-state index in [2.05, 4.69) is 58.3 Å². The minimum Gasteiger partial charge on any atom is -0.227 e. The first-order chi connectivity index (χ1) is 12.9. The van der Waals surface area contributed by atoms with Crippen LogP contribution in [-0.2, 0) is 6.42 Å². The zero-order valence-electron chi connectivity index (χ0n) is 15.0. The van der Waals surface area contributed by atoms with Gasteiger partial charge in [-0.15, -0.1) is 0 Å². The molecule has 1 aromatic heterocycles. The van der Waals surface area contributed by atoms with E-state index < -0.39 is 0 Å². The number of hydrogen-bond acceptors (Lipinski definition) is 3. The Bertz CT molecular complexity index is 805. The lowest BCUT2D eigenvalue weighted by molar-refractivity contribution is 0.357. The normalized spacial score (nSPS) is 14.9. The van der Waals surface area contributed by atoms with Gasteiger partial charge >= 0.3 is 0 Å². The number of benzene rings is 2. The van der Waals surface area contributed by atoms with E-state index >= 15 is 0 Å². The van der Waals surface area contributed by atoms with E-state index in [1.54, 1.807) is 0 Å². The summed E-state index contributed by atoms with van der Waals surface area (Å²) in [4.78, 5) is 5.04. The smallest absolute Gasteiger partial charge is 0.169 e. The van der Waals surface area contributed by atoms with Gasteiger partial charge in [-0.05, 0) is 23.9 Å². The Morgan fingerprint density at radius 2 is 1.50 bits per heavy atom. The van der Waals surface area contributed by atoms with Gasteiger partial charge in [-0.2, -0.15) is 4.37 Å². The van der Waals surface area contributed by atoms with E-state index in [0.717, 1.165) is 35.0 Å². The maximum Gasteiger partial charge on any atom is 0.169 e. The summed E-state index contributed by atoms with van der Waals surface area (Å²) in [5.41, 5.74) is 4.58. The first kappa shape index (κ1) is 17.2. The van der Waals surface area contributed by atoms with Crippen molar-refractivity contribution in [1.29, 1.82) is 0 Å². The molecule has 4 rings (SSSR count). The number of rotatable bonds is 5. The summed E-state index contributed by atoms with van der Waals surface area (Å²) in [6.07, 6.45) is 7.97. The second-order valence-electron chi connectivity index (χ2n) is 7.06. The molecule has 132 valence electrons. The van der Waals surface area contributed by atoms with E-state index in [9.17, 15) is 0 Å². The summed E-state index contributed by atoms with van der Waals surface area (Å²) in [7, 11) is 0. The first-order valence-electron chi connectivity index (χ1n) is 9.53. The van der Waals surface area contributed by atoms with Crippen LogP contribution in [0.4, 0.5) is 5.82 Å². The highest BCUT2D eigenvalue weighted by molar-refractivity contribution is 7.04. The Balaban J connectivity index is 1.68. The molecule has 0 radical (unpaired) electrons. The summed E-state index contributed by atoms with van der Waals surface area (Å²) in [6.45, 7) is 0. The summed E-state index contributed by atoms with van der Waals surface area (Å²) >= 11 is 1.53. The Labute approximate surface area is 159 Å². The molecular formula is C23H24N2S. The van der Waals surface area contributed by atoms with Crippen molar-refractivity contribution >= 4 is 23.1 Å². The minimum atomic E-state index is 0.797. The third-order valence-electron chi connectivity index (χ3n) is 5.17. The second-order valence-corrected chi connectivity index (χ2v) is 7.69. The van der Waals surface area contributed by atoms with Crippen LogP contribution in [-0.4, -0.2) is 10.1 Å². The van der Waals surface area contributed by atoms with Crippen molar-refractivity contribution in [3.8, 4) is 0 Å². The van der Waals surface area contributed by atoms with Gasteiger partial charge in [-0.3, -0.25) is 0 Å². The number of hydrogen-bond donors (Lipinski definition) is 0. The van der Waals surface area contributed by atoms with Gasteiger partial charge in [-0.1, -0.05) is 92.8 Å². The molecule has 0 unspecified atom stereocenters. The predicted octanol–water partition coefficient (Wildman–Crippen LogP) is 6.44. The minimum absolute atomic E-state index is 0.797. The van der Waals surface area contributed by atoms with Crippen LogP contribution in [0, 0.1) is 5.92 Å². The van der Waals surface area contributed by atoms with E-state index in [-0.39, 0.29) is 0 Å². The average molecular weight is 361 g/mol. The number of aromatic nitrogens is 1. The van der Waals surface area contributed by atoms with Crippen LogP contribution < -0.4 is 0 Å². The van der Waals surface area contributed by atoms with Gasteiger partial charge in [0.05, 0.1) is 5.71 Å². The number of nitrogens with zero attached hydrogens (tertiary/aromatic N) is 2. The molecule has 0 N–H and O–H groups in total. The van der Waals surface area contributed by atoms with E-state index in [1.807, 2.05) is 12.1 Å². The van der Waals surface area contributed by atoms with Crippen molar-refractivity contribution in [2.24, 2.45) is 10.9 Å². The summed E-state index contributed by atoms with van der Waals surface area (Å²) in [5.74, 6) is 1.70. The summed E-state index contributed by atoms with van der Waals surface area (Å²) < 4.78 is 4.63. The van der Waals surface area contributed by atoms with Crippen LogP contribution in [0.25, 0.3) is 0 Å². The second kappa shape index (κ2) is 8.41. The van der Waals surface area contributed by atoms with Gasteiger partial charge in [0.2, 0.25) is 0 Å². The molecule has 0 atom stereocenters. The Morgan fingerprint density at radius 1 is 0.885 bits per heavy atom. The fourth-order valence-corrected chi connectivity index (χ4v) is 4.42. The molecule has 2 aromatic carbocycles. The van der Waals surface area contributed by atoms with Gasteiger partial charge in [0.15, 0.2) is 5.82 Å². The monoisotopic (exact) mass is 360 g/mol. The lowest BCUT2D eigenvalue weighted by Crippen LogP contribution is -2.09. The predicted molar refractivity (Wildman–Crippen MR) is 111 cm³/mol. The SMILES string of the molecule is c1ccc(C(=Nc2nscc2CC2CCCCC2)c2ccccc2)cc1. The number of aliphatic imine (C=N–C) groups is 1. The first-order valence-corrected chi connectivity index (χ1v) is 10.4. The molecule has 1 fully saturated rings. The quantitative estimate of drug-likeness (QED) is 0.481. The summed E-state index contributed by atoms with van der Waals surface area (Å²) in [5, 5.41) is 2.20. The maximum absolute atomic E-state index is 5.04. The Hall–Kier alpha value is -2.26. The van der Waals surface area contributed by atoms with Crippen molar-refractivity contribution in [3.05, 3.63) is 82.7 Å². The molecule has 1 heterocycles. The third-order valence-corrected chi connectivity index (χ3v) is 5.84. The van der Waals surface area contributed by atoms with Crippen molar-refractivity contribution in [2.75, 3.05) is 0 Å². The van der Waals surface area contributed by atoms with E-state index in [4.69, 9.17) is 4.99 Å².